The third kappa shape index (κ3) is 1.70. The summed E-state index contributed by atoms with van der Waals surface area (Å²) in [4.78, 5) is 0. The Morgan fingerprint density at radius 2 is 2.29 bits per heavy atom. The summed E-state index contributed by atoms with van der Waals surface area (Å²) in [6, 6.07) is 1.58. The van der Waals surface area contributed by atoms with Crippen LogP contribution in [0.25, 0.3) is 0 Å². The minimum absolute atomic E-state index is 0.607. The molecule has 80 valence electrons. The average molecular weight is 213 g/mol. The first-order chi connectivity index (χ1) is 6.93. The summed E-state index contributed by atoms with van der Waals surface area (Å²) in [5.41, 5.74) is 0. The molecule has 0 aromatic heterocycles. The van der Waals surface area contributed by atoms with Gasteiger partial charge in [-0.3, -0.25) is 0 Å². The van der Waals surface area contributed by atoms with Gasteiger partial charge in [0.25, 0.3) is 0 Å². The van der Waals surface area contributed by atoms with Crippen LogP contribution in [-0.2, 0) is 4.74 Å². The predicted molar refractivity (Wildman–Crippen MR) is 59.7 cm³/mol. The molecule has 0 spiro atoms. The summed E-state index contributed by atoms with van der Waals surface area (Å²) in [6.07, 6.45) is 5.92. The molecule has 2 saturated heterocycles. The molecule has 3 aliphatic rings. The van der Waals surface area contributed by atoms with Crippen molar-refractivity contribution in [2.24, 2.45) is 5.92 Å². The van der Waals surface area contributed by atoms with Crippen molar-refractivity contribution in [1.82, 2.24) is 5.32 Å². The highest BCUT2D eigenvalue weighted by Gasteiger charge is 2.43. The Morgan fingerprint density at radius 3 is 3.07 bits per heavy atom. The SMILES string of the molecule is C1COC2CC(NC3CCSC3)C2C1. The first-order valence-electron chi connectivity index (χ1n) is 5.89. The lowest BCUT2D eigenvalue weighted by Crippen LogP contribution is -2.58. The number of rotatable bonds is 2. The van der Waals surface area contributed by atoms with Crippen LogP contribution in [0.3, 0.4) is 0 Å². The Bertz CT molecular complexity index is 205. The maximum Gasteiger partial charge on any atom is 0.0633 e. The summed E-state index contributed by atoms with van der Waals surface area (Å²) >= 11 is 2.09. The normalized spacial score (nSPS) is 47.1. The largest absolute Gasteiger partial charge is 0.378 e. The highest BCUT2D eigenvalue weighted by Crippen LogP contribution is 2.38. The van der Waals surface area contributed by atoms with E-state index in [1.54, 1.807) is 0 Å². The van der Waals surface area contributed by atoms with Crippen LogP contribution in [0, 0.1) is 5.92 Å². The highest BCUT2D eigenvalue weighted by atomic mass is 32.2. The van der Waals surface area contributed by atoms with Crippen molar-refractivity contribution >= 4 is 11.8 Å². The van der Waals surface area contributed by atoms with Gasteiger partial charge in [-0.05, 0) is 31.4 Å². The molecule has 1 aliphatic carbocycles. The lowest BCUT2D eigenvalue weighted by molar-refractivity contribution is -0.104. The number of fused-ring (bicyclic) bond motifs is 1. The summed E-state index contributed by atoms with van der Waals surface area (Å²) < 4.78 is 5.73. The Hall–Kier alpha value is 0.270. The van der Waals surface area contributed by atoms with Gasteiger partial charge in [0.2, 0.25) is 0 Å². The smallest absolute Gasteiger partial charge is 0.0633 e. The maximum absolute atomic E-state index is 5.73. The van der Waals surface area contributed by atoms with Gasteiger partial charge >= 0.3 is 0 Å². The third-order valence-corrected chi connectivity index (χ3v) is 5.04. The monoisotopic (exact) mass is 213 g/mol. The molecule has 0 aromatic rings. The fourth-order valence-corrected chi connectivity index (χ4v) is 4.12. The maximum atomic E-state index is 5.73. The van der Waals surface area contributed by atoms with Crippen LogP contribution in [0.4, 0.5) is 0 Å². The van der Waals surface area contributed by atoms with Gasteiger partial charge in [-0.15, -0.1) is 0 Å². The van der Waals surface area contributed by atoms with Crippen molar-refractivity contribution < 1.29 is 4.74 Å². The molecule has 0 aromatic carbocycles. The van der Waals surface area contributed by atoms with Gasteiger partial charge in [0, 0.05) is 30.4 Å². The lowest BCUT2D eigenvalue weighted by Gasteiger charge is -2.48. The third-order valence-electron chi connectivity index (χ3n) is 3.87. The zero-order valence-corrected chi connectivity index (χ0v) is 9.39. The van der Waals surface area contributed by atoms with Gasteiger partial charge in [0.15, 0.2) is 0 Å². The average Bonchev–Trinajstić information content (AvgIpc) is 2.67. The van der Waals surface area contributed by atoms with Crippen molar-refractivity contribution in [3.63, 3.8) is 0 Å². The Balaban J connectivity index is 1.50. The second kappa shape index (κ2) is 4.03. The van der Waals surface area contributed by atoms with Crippen molar-refractivity contribution in [2.75, 3.05) is 18.1 Å². The van der Waals surface area contributed by atoms with Crippen molar-refractivity contribution in [1.29, 1.82) is 0 Å². The van der Waals surface area contributed by atoms with E-state index in [-0.39, 0.29) is 0 Å². The van der Waals surface area contributed by atoms with Gasteiger partial charge in [-0.25, -0.2) is 0 Å². The first kappa shape index (κ1) is 9.49. The molecule has 4 unspecified atom stereocenters. The molecule has 14 heavy (non-hydrogen) atoms. The zero-order valence-electron chi connectivity index (χ0n) is 8.58. The first-order valence-corrected chi connectivity index (χ1v) is 7.04. The molecule has 2 nitrogen and oxygen atoms in total. The number of nitrogens with one attached hydrogen (secondary N) is 1. The summed E-state index contributed by atoms with van der Waals surface area (Å²) in [5.74, 6) is 3.53. The molecule has 4 atom stereocenters. The standard InChI is InChI=1S/C11H19NOS/c1-2-9-10(6-11(9)13-4-1)12-8-3-5-14-7-8/h8-12H,1-7H2. The highest BCUT2D eigenvalue weighted by molar-refractivity contribution is 7.99. The molecule has 2 heterocycles. The van der Waals surface area contributed by atoms with E-state index in [0.717, 1.165) is 24.6 Å². The minimum Gasteiger partial charge on any atom is -0.378 e. The van der Waals surface area contributed by atoms with Gasteiger partial charge in [0.1, 0.15) is 0 Å². The lowest BCUT2D eigenvalue weighted by atomic mass is 9.72. The molecule has 0 bridgehead atoms. The van der Waals surface area contributed by atoms with E-state index >= 15 is 0 Å². The fourth-order valence-electron chi connectivity index (χ4n) is 2.96. The van der Waals surface area contributed by atoms with Gasteiger partial charge < -0.3 is 10.1 Å². The van der Waals surface area contributed by atoms with Crippen LogP contribution in [0.15, 0.2) is 0 Å². The second-order valence-electron chi connectivity index (χ2n) is 4.78. The molecule has 3 fully saturated rings. The van der Waals surface area contributed by atoms with Crippen LogP contribution < -0.4 is 5.32 Å². The molecule has 3 rings (SSSR count). The van der Waals surface area contributed by atoms with Gasteiger partial charge in [-0.1, -0.05) is 0 Å². The van der Waals surface area contributed by atoms with E-state index in [2.05, 4.69) is 17.1 Å². The summed E-state index contributed by atoms with van der Waals surface area (Å²) in [7, 11) is 0. The molecular weight excluding hydrogens is 194 g/mol. The van der Waals surface area contributed by atoms with Gasteiger partial charge in [0.05, 0.1) is 6.10 Å². The van der Waals surface area contributed by atoms with Crippen LogP contribution in [-0.4, -0.2) is 36.3 Å². The number of ether oxygens (including phenoxy) is 1. The van der Waals surface area contributed by atoms with Crippen LogP contribution in [0.2, 0.25) is 0 Å². The van der Waals surface area contributed by atoms with Crippen molar-refractivity contribution in [2.45, 2.75) is 43.9 Å². The topological polar surface area (TPSA) is 21.3 Å². The van der Waals surface area contributed by atoms with Crippen molar-refractivity contribution in [3.05, 3.63) is 0 Å². The number of hydrogen-bond donors (Lipinski definition) is 1. The predicted octanol–water partition coefficient (Wildman–Crippen LogP) is 1.65. The number of thioether (sulfide) groups is 1. The fraction of sp³-hybridized carbons (Fsp3) is 1.00. The van der Waals surface area contributed by atoms with E-state index in [9.17, 15) is 0 Å². The van der Waals surface area contributed by atoms with Gasteiger partial charge in [-0.2, -0.15) is 11.8 Å². The molecule has 2 aliphatic heterocycles. The number of hydrogen-bond acceptors (Lipinski definition) is 3. The van der Waals surface area contributed by atoms with E-state index in [4.69, 9.17) is 4.74 Å². The molecule has 0 amide bonds. The van der Waals surface area contributed by atoms with E-state index in [1.807, 2.05) is 0 Å². The molecule has 0 radical (unpaired) electrons. The Morgan fingerprint density at radius 1 is 1.29 bits per heavy atom. The molecule has 1 N–H and O–H groups in total. The summed E-state index contributed by atoms with van der Waals surface area (Å²) in [5, 5.41) is 3.81. The van der Waals surface area contributed by atoms with Crippen LogP contribution in [0.1, 0.15) is 25.7 Å². The van der Waals surface area contributed by atoms with E-state index in [1.165, 1.54) is 37.2 Å². The Labute approximate surface area is 90.2 Å². The Kier molecular flexibility index (Phi) is 2.73. The van der Waals surface area contributed by atoms with Crippen LogP contribution in [0.5, 0.6) is 0 Å². The van der Waals surface area contributed by atoms with Crippen molar-refractivity contribution in [3.8, 4) is 0 Å². The zero-order chi connectivity index (χ0) is 9.38. The molecular formula is C11H19NOS. The second-order valence-corrected chi connectivity index (χ2v) is 5.93. The van der Waals surface area contributed by atoms with E-state index in [0.29, 0.717) is 6.10 Å². The van der Waals surface area contributed by atoms with Crippen LogP contribution >= 0.6 is 11.8 Å². The minimum atomic E-state index is 0.607. The quantitative estimate of drug-likeness (QED) is 0.753. The van der Waals surface area contributed by atoms with E-state index < -0.39 is 0 Å². The molecule has 3 heteroatoms. The molecule has 1 saturated carbocycles. The summed E-state index contributed by atoms with van der Waals surface area (Å²) in [6.45, 7) is 1.01.